The van der Waals surface area contributed by atoms with E-state index in [4.69, 9.17) is 4.74 Å². The van der Waals surface area contributed by atoms with Crippen LogP contribution in [0.4, 0.5) is 0 Å². The molecule has 0 bridgehead atoms. The fourth-order valence-corrected chi connectivity index (χ4v) is 5.13. The first-order valence-corrected chi connectivity index (χ1v) is 11.0. The van der Waals surface area contributed by atoms with Crippen LogP contribution in [0, 0.1) is 6.92 Å². The SMILES string of the molecule is Cc1ccc(S(=O)(=O)C2=C(c3ccc4ccccc4c3)OC(C)(C)CC2)cc1. The molecule has 144 valence electrons. The van der Waals surface area contributed by atoms with Crippen molar-refractivity contribution in [2.45, 2.75) is 44.1 Å². The van der Waals surface area contributed by atoms with Gasteiger partial charge < -0.3 is 4.74 Å². The van der Waals surface area contributed by atoms with E-state index < -0.39 is 15.4 Å². The van der Waals surface area contributed by atoms with E-state index in [0.29, 0.717) is 28.4 Å². The summed E-state index contributed by atoms with van der Waals surface area (Å²) in [5, 5.41) is 2.18. The molecule has 1 heterocycles. The van der Waals surface area contributed by atoms with Gasteiger partial charge in [0.2, 0.25) is 9.84 Å². The fourth-order valence-electron chi connectivity index (χ4n) is 3.58. The van der Waals surface area contributed by atoms with E-state index in [1.807, 2.05) is 75.4 Å². The van der Waals surface area contributed by atoms with Crippen LogP contribution in [0.25, 0.3) is 16.5 Å². The second kappa shape index (κ2) is 6.78. The van der Waals surface area contributed by atoms with Crippen LogP contribution in [0.15, 0.2) is 76.5 Å². The molecule has 0 aromatic heterocycles. The number of benzene rings is 3. The minimum Gasteiger partial charge on any atom is -0.486 e. The summed E-state index contributed by atoms with van der Waals surface area (Å²) in [7, 11) is -3.62. The molecule has 4 rings (SSSR count). The zero-order chi connectivity index (χ0) is 19.9. The van der Waals surface area contributed by atoms with E-state index in [2.05, 4.69) is 0 Å². The smallest absolute Gasteiger partial charge is 0.206 e. The Balaban J connectivity index is 1.91. The fraction of sp³-hybridized carbons (Fsp3) is 0.250. The minimum atomic E-state index is -3.62. The van der Waals surface area contributed by atoms with E-state index in [1.54, 1.807) is 12.1 Å². The van der Waals surface area contributed by atoms with Crippen LogP contribution >= 0.6 is 0 Å². The molecular formula is C24H24O3S. The van der Waals surface area contributed by atoms with Crippen LogP contribution in [-0.2, 0) is 14.6 Å². The van der Waals surface area contributed by atoms with E-state index in [9.17, 15) is 8.42 Å². The molecule has 1 aliphatic rings. The van der Waals surface area contributed by atoms with Gasteiger partial charge in [-0.1, -0.05) is 54.1 Å². The van der Waals surface area contributed by atoms with E-state index in [1.165, 1.54) is 0 Å². The summed E-state index contributed by atoms with van der Waals surface area (Å²) in [6.45, 7) is 5.95. The molecule has 0 amide bonds. The van der Waals surface area contributed by atoms with Crippen LogP contribution in [0.5, 0.6) is 0 Å². The highest BCUT2D eigenvalue weighted by molar-refractivity contribution is 7.95. The second-order valence-corrected chi connectivity index (χ2v) is 9.96. The van der Waals surface area contributed by atoms with Gasteiger partial charge in [0.15, 0.2) is 0 Å². The summed E-state index contributed by atoms with van der Waals surface area (Å²) >= 11 is 0. The van der Waals surface area contributed by atoms with E-state index >= 15 is 0 Å². The lowest BCUT2D eigenvalue weighted by Gasteiger charge is -2.34. The van der Waals surface area contributed by atoms with Crippen LogP contribution in [0.3, 0.4) is 0 Å². The molecule has 3 nitrogen and oxygen atoms in total. The largest absolute Gasteiger partial charge is 0.486 e. The van der Waals surface area contributed by atoms with E-state index in [0.717, 1.165) is 21.9 Å². The average molecular weight is 393 g/mol. The third-order valence-electron chi connectivity index (χ3n) is 5.25. The Bertz CT molecular complexity index is 1170. The molecule has 1 aliphatic heterocycles. The Morgan fingerprint density at radius 1 is 0.893 bits per heavy atom. The summed E-state index contributed by atoms with van der Waals surface area (Å²) in [6.07, 6.45) is 1.12. The number of aryl methyl sites for hydroxylation is 1. The highest BCUT2D eigenvalue weighted by Gasteiger charge is 2.35. The van der Waals surface area contributed by atoms with Gasteiger partial charge in [-0.15, -0.1) is 0 Å². The van der Waals surface area contributed by atoms with Gasteiger partial charge >= 0.3 is 0 Å². The molecule has 0 saturated heterocycles. The summed E-state index contributed by atoms with van der Waals surface area (Å²) in [5.74, 6) is 0.475. The molecule has 0 spiro atoms. The second-order valence-electron chi connectivity index (χ2n) is 7.99. The van der Waals surface area contributed by atoms with Gasteiger partial charge in [0.25, 0.3) is 0 Å². The van der Waals surface area contributed by atoms with Crippen LogP contribution in [0.2, 0.25) is 0 Å². The van der Waals surface area contributed by atoms with Gasteiger partial charge in [-0.25, -0.2) is 8.42 Å². The monoisotopic (exact) mass is 392 g/mol. The van der Waals surface area contributed by atoms with Crippen molar-refractivity contribution in [1.82, 2.24) is 0 Å². The maximum Gasteiger partial charge on any atom is 0.206 e. The Morgan fingerprint density at radius 2 is 1.57 bits per heavy atom. The summed E-state index contributed by atoms with van der Waals surface area (Å²) in [5.41, 5.74) is 1.42. The lowest BCUT2D eigenvalue weighted by molar-refractivity contribution is 0.0581. The molecule has 0 atom stereocenters. The molecule has 0 aliphatic carbocycles. The molecule has 0 saturated carbocycles. The molecule has 3 aromatic rings. The first-order chi connectivity index (χ1) is 13.3. The predicted octanol–water partition coefficient (Wildman–Crippen LogP) is 5.88. The lowest BCUT2D eigenvalue weighted by Crippen LogP contribution is -2.29. The van der Waals surface area contributed by atoms with Gasteiger partial charge in [-0.05, 0) is 62.6 Å². The third-order valence-corrected chi connectivity index (χ3v) is 7.18. The first-order valence-electron chi connectivity index (χ1n) is 9.49. The summed E-state index contributed by atoms with van der Waals surface area (Å²) in [4.78, 5) is 0.681. The van der Waals surface area contributed by atoms with Crippen molar-refractivity contribution < 1.29 is 13.2 Å². The van der Waals surface area contributed by atoms with Crippen molar-refractivity contribution in [1.29, 1.82) is 0 Å². The number of allylic oxidation sites excluding steroid dienone is 1. The molecule has 0 N–H and O–H groups in total. The van der Waals surface area contributed by atoms with E-state index in [-0.39, 0.29) is 0 Å². The van der Waals surface area contributed by atoms with Crippen molar-refractivity contribution in [2.75, 3.05) is 0 Å². The maximum absolute atomic E-state index is 13.4. The zero-order valence-electron chi connectivity index (χ0n) is 16.4. The summed E-state index contributed by atoms with van der Waals surface area (Å²) in [6, 6.07) is 21.0. The molecule has 28 heavy (non-hydrogen) atoms. The summed E-state index contributed by atoms with van der Waals surface area (Å²) < 4.78 is 33.1. The Kier molecular flexibility index (Phi) is 4.54. The lowest BCUT2D eigenvalue weighted by atomic mass is 9.97. The van der Waals surface area contributed by atoms with Crippen LogP contribution in [0.1, 0.15) is 37.8 Å². The van der Waals surface area contributed by atoms with Crippen molar-refractivity contribution in [3.63, 3.8) is 0 Å². The number of hydrogen-bond acceptors (Lipinski definition) is 3. The van der Waals surface area contributed by atoms with Crippen LogP contribution in [-0.4, -0.2) is 14.0 Å². The normalized spacial score (nSPS) is 16.8. The highest BCUT2D eigenvalue weighted by Crippen LogP contribution is 2.41. The zero-order valence-corrected chi connectivity index (χ0v) is 17.2. The quantitative estimate of drug-likeness (QED) is 0.559. The van der Waals surface area contributed by atoms with Gasteiger partial charge in [-0.3, -0.25) is 0 Å². The molecule has 0 fully saturated rings. The topological polar surface area (TPSA) is 43.4 Å². The van der Waals surface area contributed by atoms with Gasteiger partial charge in [0.1, 0.15) is 11.4 Å². The standard InChI is InChI=1S/C24H24O3S/c1-17-8-12-21(13-9-17)28(25,26)22-14-15-24(2,3)27-23(22)20-11-10-18-6-4-5-7-19(18)16-20/h4-13,16H,14-15H2,1-3H3. The van der Waals surface area contributed by atoms with Crippen molar-refractivity contribution in [3.8, 4) is 0 Å². The third kappa shape index (κ3) is 3.45. The number of sulfone groups is 1. The number of rotatable bonds is 3. The number of fused-ring (bicyclic) bond motifs is 1. The number of hydrogen-bond donors (Lipinski definition) is 0. The first kappa shape index (κ1) is 18.8. The van der Waals surface area contributed by atoms with Gasteiger partial charge in [-0.2, -0.15) is 0 Å². The molecule has 4 heteroatoms. The van der Waals surface area contributed by atoms with Gasteiger partial charge in [0.05, 0.1) is 9.80 Å². The molecule has 3 aromatic carbocycles. The Labute approximate surface area is 166 Å². The Morgan fingerprint density at radius 3 is 2.29 bits per heavy atom. The van der Waals surface area contributed by atoms with Crippen molar-refractivity contribution in [3.05, 3.63) is 82.8 Å². The maximum atomic E-state index is 13.4. The molecule has 0 unspecified atom stereocenters. The average Bonchev–Trinajstić information content (AvgIpc) is 2.67. The minimum absolute atomic E-state index is 0.315. The van der Waals surface area contributed by atoms with Crippen LogP contribution < -0.4 is 0 Å². The number of ether oxygens (including phenoxy) is 1. The highest BCUT2D eigenvalue weighted by atomic mass is 32.2. The van der Waals surface area contributed by atoms with Gasteiger partial charge in [0, 0.05) is 5.56 Å². The van der Waals surface area contributed by atoms with Crippen molar-refractivity contribution >= 4 is 26.4 Å². The molecular weight excluding hydrogens is 368 g/mol. The van der Waals surface area contributed by atoms with Crippen molar-refractivity contribution in [2.24, 2.45) is 0 Å². The molecule has 0 radical (unpaired) electrons. The predicted molar refractivity (Wildman–Crippen MR) is 114 cm³/mol. The Hall–Kier alpha value is -2.59.